The fraction of sp³-hybridized carbons (Fsp3) is 0.333. The van der Waals surface area contributed by atoms with E-state index in [2.05, 4.69) is 19.2 Å². The van der Waals surface area contributed by atoms with Gasteiger partial charge >= 0.3 is 5.97 Å². The van der Waals surface area contributed by atoms with Gasteiger partial charge in [-0.3, -0.25) is 4.79 Å². The van der Waals surface area contributed by atoms with Crippen molar-refractivity contribution in [1.29, 1.82) is 0 Å². The van der Waals surface area contributed by atoms with E-state index >= 15 is 0 Å². The van der Waals surface area contributed by atoms with Gasteiger partial charge in [0.1, 0.15) is 16.3 Å². The highest BCUT2D eigenvalue weighted by atomic mass is 32.1. The van der Waals surface area contributed by atoms with Crippen LogP contribution in [0.3, 0.4) is 0 Å². The molecule has 7 nitrogen and oxygen atoms in total. The number of amides is 1. The first-order valence-electron chi connectivity index (χ1n) is 12.7. The first-order chi connectivity index (χ1) is 18.4. The normalized spacial score (nSPS) is 11.0. The quantitative estimate of drug-likeness (QED) is 0.185. The molecule has 38 heavy (non-hydrogen) atoms. The minimum absolute atomic E-state index is 0.226. The lowest BCUT2D eigenvalue weighted by Crippen LogP contribution is -2.12. The van der Waals surface area contributed by atoms with Crippen LogP contribution in [0.5, 0.6) is 17.2 Å². The summed E-state index contributed by atoms with van der Waals surface area (Å²) in [5.74, 6) is 1.69. The highest BCUT2D eigenvalue weighted by Crippen LogP contribution is 2.37. The van der Waals surface area contributed by atoms with Crippen LogP contribution in [0.2, 0.25) is 0 Å². The van der Waals surface area contributed by atoms with Gasteiger partial charge in [-0.1, -0.05) is 32.0 Å². The van der Waals surface area contributed by atoms with Crippen molar-refractivity contribution in [3.63, 3.8) is 0 Å². The molecule has 0 aliphatic rings. The molecule has 0 atom stereocenters. The third-order valence-corrected chi connectivity index (χ3v) is 6.45. The lowest BCUT2D eigenvalue weighted by molar-refractivity contribution is -0.111. The molecule has 3 rings (SSSR count). The van der Waals surface area contributed by atoms with Crippen molar-refractivity contribution < 1.29 is 28.5 Å². The molecular weight excluding hydrogens is 502 g/mol. The summed E-state index contributed by atoms with van der Waals surface area (Å²) in [6.07, 6.45) is 4.04. The van der Waals surface area contributed by atoms with Crippen LogP contribution < -0.4 is 19.5 Å². The number of methoxy groups -OCH3 is 1. The van der Waals surface area contributed by atoms with E-state index in [1.165, 1.54) is 17.4 Å². The van der Waals surface area contributed by atoms with Crippen molar-refractivity contribution in [2.75, 3.05) is 32.2 Å². The van der Waals surface area contributed by atoms with Crippen LogP contribution in [0, 0.1) is 5.92 Å². The van der Waals surface area contributed by atoms with Crippen LogP contribution in [0.15, 0.2) is 53.9 Å². The van der Waals surface area contributed by atoms with E-state index in [9.17, 15) is 9.59 Å². The van der Waals surface area contributed by atoms with Gasteiger partial charge in [0, 0.05) is 17.0 Å². The van der Waals surface area contributed by atoms with E-state index in [1.807, 2.05) is 54.8 Å². The van der Waals surface area contributed by atoms with E-state index in [0.717, 1.165) is 23.3 Å². The van der Waals surface area contributed by atoms with Crippen LogP contribution in [-0.4, -0.2) is 38.8 Å². The average molecular weight is 538 g/mol. The zero-order valence-electron chi connectivity index (χ0n) is 22.5. The van der Waals surface area contributed by atoms with Gasteiger partial charge in [-0.15, -0.1) is 11.3 Å². The Morgan fingerprint density at radius 1 is 1.00 bits per heavy atom. The van der Waals surface area contributed by atoms with Gasteiger partial charge in [0.25, 0.3) is 0 Å². The molecule has 0 bridgehead atoms. The smallest absolute Gasteiger partial charge is 0.341 e. The number of anilines is 1. The molecule has 0 saturated heterocycles. The highest BCUT2D eigenvalue weighted by molar-refractivity contribution is 7.15. The minimum atomic E-state index is -0.491. The number of rotatable bonds is 13. The van der Waals surface area contributed by atoms with Crippen molar-refractivity contribution in [1.82, 2.24) is 0 Å². The third kappa shape index (κ3) is 7.86. The summed E-state index contributed by atoms with van der Waals surface area (Å²) in [6.45, 7) is 9.36. The van der Waals surface area contributed by atoms with Crippen LogP contribution in [0.25, 0.3) is 17.2 Å². The van der Waals surface area contributed by atoms with Gasteiger partial charge in [-0.2, -0.15) is 0 Å². The van der Waals surface area contributed by atoms with Crippen molar-refractivity contribution in [2.24, 2.45) is 5.92 Å². The van der Waals surface area contributed by atoms with Crippen molar-refractivity contribution in [3.8, 4) is 28.4 Å². The van der Waals surface area contributed by atoms with Crippen LogP contribution >= 0.6 is 11.3 Å². The van der Waals surface area contributed by atoms with Gasteiger partial charge in [-0.25, -0.2) is 4.79 Å². The topological polar surface area (TPSA) is 83.1 Å². The number of carbonyl (C=O) groups excluding carboxylic acids is 2. The number of esters is 1. The largest absolute Gasteiger partial charge is 0.494 e. The summed E-state index contributed by atoms with van der Waals surface area (Å²) in [5, 5.41) is 5.09. The second kappa shape index (κ2) is 14.2. The maximum absolute atomic E-state index is 12.8. The molecule has 8 heteroatoms. The molecule has 2 aromatic carbocycles. The third-order valence-electron chi connectivity index (χ3n) is 5.55. The number of carbonyl (C=O) groups is 2. The lowest BCUT2D eigenvalue weighted by Gasteiger charge is -2.12. The Morgan fingerprint density at radius 2 is 1.76 bits per heavy atom. The fourth-order valence-electron chi connectivity index (χ4n) is 3.60. The summed E-state index contributed by atoms with van der Waals surface area (Å²) < 4.78 is 22.1. The van der Waals surface area contributed by atoms with E-state index in [-0.39, 0.29) is 12.5 Å². The van der Waals surface area contributed by atoms with Gasteiger partial charge in [-0.05, 0) is 67.7 Å². The molecule has 3 aromatic rings. The standard InChI is InChI=1S/C30H35NO6S/c1-6-35-23-12-10-22(11-13-23)24-19-38-29(28(24)30(33)36-7-2)31-27(32)15-9-21-8-14-25(26(18-21)34-5)37-17-16-20(3)4/h8-15,18-20H,6-7,16-17H2,1-5H3,(H,31,32)/b15-9+. The van der Waals surface area contributed by atoms with Crippen molar-refractivity contribution in [2.45, 2.75) is 34.1 Å². The first kappa shape index (κ1) is 28.8. The second-order valence-corrected chi connectivity index (χ2v) is 9.67. The minimum Gasteiger partial charge on any atom is -0.494 e. The number of benzene rings is 2. The predicted molar refractivity (Wildman–Crippen MR) is 152 cm³/mol. The van der Waals surface area contributed by atoms with E-state index < -0.39 is 5.97 Å². The Bertz CT molecular complexity index is 1250. The molecule has 0 fully saturated rings. The van der Waals surface area contributed by atoms with Crippen LogP contribution in [0.4, 0.5) is 5.00 Å². The molecule has 0 radical (unpaired) electrons. The Kier molecular flexibility index (Phi) is 10.8. The summed E-state index contributed by atoms with van der Waals surface area (Å²) in [6, 6.07) is 13.0. The molecule has 0 unspecified atom stereocenters. The maximum atomic E-state index is 12.8. The second-order valence-electron chi connectivity index (χ2n) is 8.80. The molecule has 1 amide bonds. The molecule has 1 heterocycles. The predicted octanol–water partition coefficient (Wildman–Crippen LogP) is 7.08. The summed E-state index contributed by atoms with van der Waals surface area (Å²) in [7, 11) is 1.58. The molecule has 0 aliphatic heterocycles. The number of thiophene rings is 1. The Balaban J connectivity index is 1.77. The monoisotopic (exact) mass is 537 g/mol. The number of nitrogens with one attached hydrogen (secondary N) is 1. The Hall–Kier alpha value is -3.78. The molecule has 0 spiro atoms. The van der Waals surface area contributed by atoms with Crippen LogP contribution in [-0.2, 0) is 9.53 Å². The maximum Gasteiger partial charge on any atom is 0.341 e. The van der Waals surface area contributed by atoms with Gasteiger partial charge in [0.15, 0.2) is 11.5 Å². The van der Waals surface area contributed by atoms with Crippen molar-refractivity contribution in [3.05, 3.63) is 65.0 Å². The number of hydrogen-bond donors (Lipinski definition) is 1. The molecular formula is C30H35NO6S. The van der Waals surface area contributed by atoms with E-state index in [0.29, 0.717) is 46.8 Å². The summed E-state index contributed by atoms with van der Waals surface area (Å²) in [4.78, 5) is 25.6. The Labute approximate surface area is 228 Å². The number of ether oxygens (including phenoxy) is 4. The van der Waals surface area contributed by atoms with Crippen molar-refractivity contribution >= 4 is 34.3 Å². The molecule has 202 valence electrons. The SMILES string of the molecule is CCOC(=O)c1c(-c2ccc(OCC)cc2)csc1NC(=O)/C=C/c1ccc(OCCC(C)C)c(OC)c1. The zero-order chi connectivity index (χ0) is 27.5. The van der Waals surface area contributed by atoms with Gasteiger partial charge < -0.3 is 24.3 Å². The van der Waals surface area contributed by atoms with Gasteiger partial charge in [0.2, 0.25) is 5.91 Å². The average Bonchev–Trinajstić information content (AvgIpc) is 3.32. The highest BCUT2D eigenvalue weighted by Gasteiger charge is 2.22. The molecule has 1 N–H and O–H groups in total. The Morgan fingerprint density at radius 3 is 2.42 bits per heavy atom. The van der Waals surface area contributed by atoms with E-state index in [1.54, 1.807) is 20.1 Å². The zero-order valence-corrected chi connectivity index (χ0v) is 23.4. The number of hydrogen-bond acceptors (Lipinski definition) is 7. The molecule has 0 saturated carbocycles. The molecule has 1 aromatic heterocycles. The summed E-state index contributed by atoms with van der Waals surface area (Å²) >= 11 is 1.27. The lowest BCUT2D eigenvalue weighted by atomic mass is 10.0. The van der Waals surface area contributed by atoms with E-state index in [4.69, 9.17) is 18.9 Å². The van der Waals surface area contributed by atoms with Crippen LogP contribution in [0.1, 0.15) is 50.0 Å². The summed E-state index contributed by atoms with van der Waals surface area (Å²) in [5.41, 5.74) is 2.62. The van der Waals surface area contributed by atoms with Gasteiger partial charge in [0.05, 0.1) is 26.9 Å². The first-order valence-corrected chi connectivity index (χ1v) is 13.6. The fourth-order valence-corrected chi connectivity index (χ4v) is 4.56. The molecule has 0 aliphatic carbocycles.